The zero-order chi connectivity index (χ0) is 13.1. The third-order valence-corrected chi connectivity index (χ3v) is 3.58. The monoisotopic (exact) mass is 250 g/mol. The van der Waals surface area contributed by atoms with E-state index in [2.05, 4.69) is 6.92 Å². The van der Waals surface area contributed by atoms with E-state index in [0.29, 0.717) is 5.92 Å². The molecule has 18 heavy (non-hydrogen) atoms. The van der Waals surface area contributed by atoms with Crippen molar-refractivity contribution in [2.24, 2.45) is 5.92 Å². The minimum Gasteiger partial charge on any atom is -0.459 e. The van der Waals surface area contributed by atoms with Gasteiger partial charge < -0.3 is 4.74 Å². The molecule has 1 aliphatic rings. The Kier molecular flexibility index (Phi) is 4.00. The quantitative estimate of drug-likeness (QED) is 0.745. The molecule has 98 valence electrons. The molecule has 0 atom stereocenters. The van der Waals surface area contributed by atoms with Gasteiger partial charge in [-0.3, -0.25) is 0 Å². The van der Waals surface area contributed by atoms with Crippen molar-refractivity contribution in [3.63, 3.8) is 0 Å². The summed E-state index contributed by atoms with van der Waals surface area (Å²) in [6.07, 6.45) is 3.89. The summed E-state index contributed by atoms with van der Waals surface area (Å²) in [6, 6.07) is 4.58. The molecule has 0 heterocycles. The van der Waals surface area contributed by atoms with Crippen LogP contribution in [0.3, 0.4) is 0 Å². The first-order valence-corrected chi connectivity index (χ1v) is 6.53. The van der Waals surface area contributed by atoms with Gasteiger partial charge in [0.25, 0.3) is 0 Å². The van der Waals surface area contributed by atoms with Gasteiger partial charge in [0.1, 0.15) is 11.9 Å². The van der Waals surface area contributed by atoms with Crippen molar-refractivity contribution in [2.45, 2.75) is 45.6 Å². The number of carbonyl (C=O) groups excluding carboxylic acids is 1. The fourth-order valence-corrected chi connectivity index (χ4v) is 2.35. The van der Waals surface area contributed by atoms with Gasteiger partial charge in [-0.2, -0.15) is 0 Å². The lowest BCUT2D eigenvalue weighted by atomic mass is 9.89. The van der Waals surface area contributed by atoms with Crippen LogP contribution < -0.4 is 0 Å². The Hall–Kier alpha value is -1.38. The second kappa shape index (κ2) is 5.51. The predicted molar refractivity (Wildman–Crippen MR) is 68.0 cm³/mol. The third kappa shape index (κ3) is 3.09. The van der Waals surface area contributed by atoms with E-state index in [-0.39, 0.29) is 11.7 Å². The smallest absolute Gasteiger partial charge is 0.341 e. The molecule has 1 aromatic rings. The first-order valence-electron chi connectivity index (χ1n) is 6.53. The normalized spacial score (nSPS) is 23.7. The molecule has 1 fully saturated rings. The van der Waals surface area contributed by atoms with E-state index >= 15 is 0 Å². The van der Waals surface area contributed by atoms with Crippen molar-refractivity contribution in [3.8, 4) is 0 Å². The lowest BCUT2D eigenvalue weighted by Gasteiger charge is -2.26. The maximum absolute atomic E-state index is 13.6. The van der Waals surface area contributed by atoms with E-state index in [1.165, 1.54) is 12.1 Å². The highest BCUT2D eigenvalue weighted by molar-refractivity contribution is 5.89. The van der Waals surface area contributed by atoms with E-state index in [0.717, 1.165) is 31.2 Å². The lowest BCUT2D eigenvalue weighted by Crippen LogP contribution is -2.24. The van der Waals surface area contributed by atoms with Crippen molar-refractivity contribution in [3.05, 3.63) is 35.1 Å². The van der Waals surface area contributed by atoms with Crippen molar-refractivity contribution in [1.29, 1.82) is 0 Å². The Morgan fingerprint density at radius 3 is 2.56 bits per heavy atom. The number of ether oxygens (including phenoxy) is 1. The number of carbonyl (C=O) groups is 1. The number of rotatable bonds is 2. The van der Waals surface area contributed by atoms with Crippen LogP contribution in [0.25, 0.3) is 0 Å². The van der Waals surface area contributed by atoms with Gasteiger partial charge in [0.05, 0.1) is 5.56 Å². The van der Waals surface area contributed by atoms with Crippen molar-refractivity contribution in [1.82, 2.24) is 0 Å². The molecule has 0 unspecified atom stereocenters. The summed E-state index contributed by atoms with van der Waals surface area (Å²) in [5.41, 5.74) is 0.842. The molecule has 0 radical (unpaired) electrons. The number of hydrogen-bond acceptors (Lipinski definition) is 2. The second-order valence-corrected chi connectivity index (χ2v) is 5.27. The standard InChI is InChI=1S/C15H19FO2/c1-10-3-6-12(7-4-10)18-15(17)13-8-5-11(2)9-14(13)16/h5,8-10,12H,3-4,6-7H2,1-2H3. The minimum atomic E-state index is -0.535. The van der Waals surface area contributed by atoms with Crippen LogP contribution in [0, 0.1) is 18.7 Å². The summed E-state index contributed by atoms with van der Waals surface area (Å²) in [4.78, 5) is 11.9. The molecule has 1 aromatic carbocycles. The SMILES string of the molecule is Cc1ccc(C(=O)OC2CCC(C)CC2)c(F)c1. The van der Waals surface area contributed by atoms with Crippen LogP contribution in [-0.2, 0) is 4.74 Å². The molecule has 3 heteroatoms. The van der Waals surface area contributed by atoms with E-state index in [4.69, 9.17) is 4.74 Å². The van der Waals surface area contributed by atoms with Crippen LogP contribution in [-0.4, -0.2) is 12.1 Å². The number of aryl methyl sites for hydroxylation is 1. The molecule has 0 N–H and O–H groups in total. The van der Waals surface area contributed by atoms with Crippen LogP contribution in [0.5, 0.6) is 0 Å². The highest BCUT2D eigenvalue weighted by Crippen LogP contribution is 2.26. The fourth-order valence-electron chi connectivity index (χ4n) is 2.35. The molecule has 2 rings (SSSR count). The van der Waals surface area contributed by atoms with Gasteiger partial charge in [-0.1, -0.05) is 13.0 Å². The predicted octanol–water partition coefficient (Wildman–Crippen LogP) is 3.87. The largest absolute Gasteiger partial charge is 0.459 e. The van der Waals surface area contributed by atoms with Gasteiger partial charge >= 0.3 is 5.97 Å². The zero-order valence-corrected chi connectivity index (χ0v) is 10.9. The average Bonchev–Trinajstić information content (AvgIpc) is 2.32. The summed E-state index contributed by atoms with van der Waals surface area (Å²) >= 11 is 0. The van der Waals surface area contributed by atoms with Crippen molar-refractivity contribution < 1.29 is 13.9 Å². The summed E-state index contributed by atoms with van der Waals surface area (Å²) < 4.78 is 19.0. The Bertz CT molecular complexity index is 434. The van der Waals surface area contributed by atoms with Crippen LogP contribution in [0.15, 0.2) is 18.2 Å². The molecule has 0 amide bonds. The molecule has 0 saturated heterocycles. The van der Waals surface area contributed by atoms with Crippen molar-refractivity contribution in [2.75, 3.05) is 0 Å². The zero-order valence-electron chi connectivity index (χ0n) is 10.9. The van der Waals surface area contributed by atoms with Crippen molar-refractivity contribution >= 4 is 5.97 Å². The number of esters is 1. The van der Waals surface area contributed by atoms with Gasteiger partial charge in [0.15, 0.2) is 0 Å². The Labute approximate surface area is 107 Å². The van der Waals surface area contributed by atoms with Crippen LogP contribution in [0.1, 0.15) is 48.5 Å². The minimum absolute atomic E-state index is 0.0409. The number of halogens is 1. The van der Waals surface area contributed by atoms with E-state index in [1.54, 1.807) is 13.0 Å². The van der Waals surface area contributed by atoms with Gasteiger partial charge in [-0.15, -0.1) is 0 Å². The molecular formula is C15H19FO2. The molecular weight excluding hydrogens is 231 g/mol. The molecule has 0 bridgehead atoms. The van der Waals surface area contributed by atoms with Crippen LogP contribution in [0.2, 0.25) is 0 Å². The first kappa shape index (κ1) is 13.1. The first-order chi connectivity index (χ1) is 8.56. The van der Waals surface area contributed by atoms with Gasteiger partial charge in [0.2, 0.25) is 0 Å². The third-order valence-electron chi connectivity index (χ3n) is 3.58. The van der Waals surface area contributed by atoms with Crippen LogP contribution in [0.4, 0.5) is 4.39 Å². The molecule has 0 aliphatic heterocycles. The Balaban J connectivity index is 1.99. The molecule has 1 saturated carbocycles. The molecule has 2 nitrogen and oxygen atoms in total. The summed E-state index contributed by atoms with van der Waals surface area (Å²) in [6.45, 7) is 4.00. The molecule has 0 spiro atoms. The fraction of sp³-hybridized carbons (Fsp3) is 0.533. The average molecular weight is 250 g/mol. The second-order valence-electron chi connectivity index (χ2n) is 5.27. The topological polar surface area (TPSA) is 26.3 Å². The highest BCUT2D eigenvalue weighted by Gasteiger charge is 2.23. The van der Waals surface area contributed by atoms with Crippen LogP contribution >= 0.6 is 0 Å². The Morgan fingerprint density at radius 2 is 1.94 bits per heavy atom. The lowest BCUT2D eigenvalue weighted by molar-refractivity contribution is 0.0169. The maximum atomic E-state index is 13.6. The highest BCUT2D eigenvalue weighted by atomic mass is 19.1. The number of benzene rings is 1. The van der Waals surface area contributed by atoms with Gasteiger partial charge in [-0.05, 0) is 56.2 Å². The Morgan fingerprint density at radius 1 is 1.28 bits per heavy atom. The molecule has 1 aliphatic carbocycles. The van der Waals surface area contributed by atoms with E-state index in [1.807, 2.05) is 0 Å². The number of hydrogen-bond donors (Lipinski definition) is 0. The van der Waals surface area contributed by atoms with Gasteiger partial charge in [0, 0.05) is 0 Å². The van der Waals surface area contributed by atoms with E-state index < -0.39 is 11.8 Å². The summed E-state index contributed by atoms with van der Waals surface area (Å²) in [5.74, 6) is -0.327. The summed E-state index contributed by atoms with van der Waals surface area (Å²) in [5, 5.41) is 0. The summed E-state index contributed by atoms with van der Waals surface area (Å²) in [7, 11) is 0. The maximum Gasteiger partial charge on any atom is 0.341 e. The molecule has 0 aromatic heterocycles. The van der Waals surface area contributed by atoms with E-state index in [9.17, 15) is 9.18 Å². The van der Waals surface area contributed by atoms with Gasteiger partial charge in [-0.25, -0.2) is 9.18 Å².